The molecule has 6 nitrogen and oxygen atoms in total. The van der Waals surface area contributed by atoms with Gasteiger partial charge in [0.2, 0.25) is 0 Å². The zero-order chi connectivity index (χ0) is 22.2. The number of ether oxygens (including phenoxy) is 1. The minimum atomic E-state index is -3.88. The van der Waals surface area contributed by atoms with Crippen LogP contribution >= 0.6 is 0 Å². The normalized spacial score (nSPS) is 15.7. The second kappa shape index (κ2) is 8.07. The van der Waals surface area contributed by atoms with Crippen LogP contribution in [0.5, 0.6) is 5.75 Å². The van der Waals surface area contributed by atoms with Gasteiger partial charge < -0.3 is 10.1 Å². The van der Waals surface area contributed by atoms with Crippen molar-refractivity contribution < 1.29 is 17.9 Å². The average molecular weight is 437 g/mol. The number of hydrogen-bond donors (Lipinski definition) is 1. The standard InChI is InChI=1S/C24H24N2O4S/c1-16-8-11-19(12-9-16)31(28,29)26-15-23(30-22-13-10-17(2)14-21(22)26)24(27)25-20-7-5-4-6-18(20)3/h4-14,23H,15H2,1-3H3,(H,25,27). The molecule has 1 aliphatic heterocycles. The van der Waals surface area contributed by atoms with E-state index < -0.39 is 22.0 Å². The molecule has 31 heavy (non-hydrogen) atoms. The third-order valence-corrected chi connectivity index (χ3v) is 7.08. The lowest BCUT2D eigenvalue weighted by atomic mass is 10.1. The number of fused-ring (bicyclic) bond motifs is 1. The number of amides is 1. The Morgan fingerprint density at radius 1 is 0.968 bits per heavy atom. The fourth-order valence-electron chi connectivity index (χ4n) is 3.49. The molecule has 1 atom stereocenters. The van der Waals surface area contributed by atoms with E-state index in [0.717, 1.165) is 16.7 Å². The van der Waals surface area contributed by atoms with Crippen molar-refractivity contribution in [3.8, 4) is 5.75 Å². The molecule has 3 aromatic rings. The molecule has 0 fully saturated rings. The molecule has 1 heterocycles. The molecule has 0 aromatic heterocycles. The molecule has 1 unspecified atom stereocenters. The largest absolute Gasteiger partial charge is 0.476 e. The summed E-state index contributed by atoms with van der Waals surface area (Å²) in [5, 5.41) is 2.86. The first-order valence-corrected chi connectivity index (χ1v) is 11.4. The second-order valence-corrected chi connectivity index (χ2v) is 9.59. The number of benzene rings is 3. The second-order valence-electron chi connectivity index (χ2n) is 7.73. The number of nitrogens with zero attached hydrogens (tertiary/aromatic N) is 1. The predicted molar refractivity (Wildman–Crippen MR) is 121 cm³/mol. The number of carbonyl (C=O) groups excluding carboxylic acids is 1. The van der Waals surface area contributed by atoms with Gasteiger partial charge in [-0.05, 0) is 62.2 Å². The molecule has 0 bridgehead atoms. The Morgan fingerprint density at radius 2 is 1.65 bits per heavy atom. The third kappa shape index (κ3) is 4.14. The van der Waals surface area contributed by atoms with Gasteiger partial charge in [-0.25, -0.2) is 8.42 Å². The first-order valence-electron chi connectivity index (χ1n) is 9.99. The Balaban J connectivity index is 1.71. The molecule has 0 radical (unpaired) electrons. The highest BCUT2D eigenvalue weighted by Crippen LogP contribution is 2.38. The van der Waals surface area contributed by atoms with Crippen LogP contribution in [-0.2, 0) is 14.8 Å². The maximum atomic E-state index is 13.5. The number of sulfonamides is 1. The van der Waals surface area contributed by atoms with Gasteiger partial charge in [-0.1, -0.05) is 42.0 Å². The van der Waals surface area contributed by atoms with Crippen molar-refractivity contribution in [2.45, 2.75) is 31.8 Å². The first kappa shape index (κ1) is 20.9. The maximum absolute atomic E-state index is 13.5. The van der Waals surface area contributed by atoms with Crippen LogP contribution in [0, 0.1) is 20.8 Å². The van der Waals surface area contributed by atoms with Crippen molar-refractivity contribution in [3.63, 3.8) is 0 Å². The van der Waals surface area contributed by atoms with Crippen molar-refractivity contribution in [1.29, 1.82) is 0 Å². The smallest absolute Gasteiger partial charge is 0.267 e. The first-order chi connectivity index (χ1) is 14.8. The quantitative estimate of drug-likeness (QED) is 0.665. The highest BCUT2D eigenvalue weighted by atomic mass is 32.2. The van der Waals surface area contributed by atoms with Gasteiger partial charge in [0.05, 0.1) is 17.1 Å². The van der Waals surface area contributed by atoms with Crippen LogP contribution in [0.1, 0.15) is 16.7 Å². The predicted octanol–water partition coefficient (Wildman–Crippen LogP) is 4.21. The summed E-state index contributed by atoms with van der Waals surface area (Å²) in [6.07, 6.45) is -0.991. The van der Waals surface area contributed by atoms with Crippen LogP contribution in [-0.4, -0.2) is 27.0 Å². The number of nitrogens with one attached hydrogen (secondary N) is 1. The summed E-state index contributed by atoms with van der Waals surface area (Å²) >= 11 is 0. The van der Waals surface area contributed by atoms with Crippen LogP contribution in [0.2, 0.25) is 0 Å². The van der Waals surface area contributed by atoms with E-state index in [0.29, 0.717) is 17.1 Å². The van der Waals surface area contributed by atoms with Crippen molar-refractivity contribution in [3.05, 3.63) is 83.4 Å². The summed E-state index contributed by atoms with van der Waals surface area (Å²) in [6.45, 7) is 5.55. The topological polar surface area (TPSA) is 75.7 Å². The SMILES string of the molecule is Cc1ccc(S(=O)(=O)N2CC(C(=O)Nc3ccccc3C)Oc3ccc(C)cc32)cc1. The summed E-state index contributed by atoms with van der Waals surface area (Å²) in [4.78, 5) is 13.2. The summed E-state index contributed by atoms with van der Waals surface area (Å²) in [7, 11) is -3.88. The number of para-hydroxylation sites is 1. The Bertz CT molecular complexity index is 1240. The van der Waals surface area contributed by atoms with E-state index in [1.54, 1.807) is 42.5 Å². The van der Waals surface area contributed by atoms with Crippen molar-refractivity contribution in [2.24, 2.45) is 0 Å². The van der Waals surface area contributed by atoms with Crippen LogP contribution in [0.3, 0.4) is 0 Å². The Morgan fingerprint density at radius 3 is 2.35 bits per heavy atom. The molecule has 7 heteroatoms. The molecule has 0 saturated carbocycles. The van der Waals surface area contributed by atoms with Gasteiger partial charge in [0.15, 0.2) is 6.10 Å². The Labute approximate surface area is 182 Å². The van der Waals surface area contributed by atoms with Crippen LogP contribution < -0.4 is 14.4 Å². The minimum Gasteiger partial charge on any atom is -0.476 e. The van der Waals surface area contributed by atoms with E-state index in [9.17, 15) is 13.2 Å². The van der Waals surface area contributed by atoms with E-state index in [2.05, 4.69) is 5.32 Å². The number of rotatable bonds is 4. The molecule has 0 saturated heterocycles. The number of carbonyl (C=O) groups is 1. The van der Waals surface area contributed by atoms with Crippen molar-refractivity contribution in [2.75, 3.05) is 16.2 Å². The van der Waals surface area contributed by atoms with E-state index in [1.807, 2.05) is 45.0 Å². The maximum Gasteiger partial charge on any atom is 0.267 e. The molecule has 0 spiro atoms. The lowest BCUT2D eigenvalue weighted by molar-refractivity contribution is -0.122. The van der Waals surface area contributed by atoms with Gasteiger partial charge in [-0.2, -0.15) is 0 Å². The fraction of sp³-hybridized carbons (Fsp3) is 0.208. The average Bonchev–Trinajstić information content (AvgIpc) is 2.74. The van der Waals surface area contributed by atoms with Gasteiger partial charge in [-0.15, -0.1) is 0 Å². The molecule has 1 amide bonds. The van der Waals surface area contributed by atoms with E-state index in [-0.39, 0.29) is 11.4 Å². The molecule has 3 aromatic carbocycles. The summed E-state index contributed by atoms with van der Waals surface area (Å²) in [5.41, 5.74) is 3.87. The van der Waals surface area contributed by atoms with Gasteiger partial charge in [-0.3, -0.25) is 9.10 Å². The van der Waals surface area contributed by atoms with Gasteiger partial charge >= 0.3 is 0 Å². The minimum absolute atomic E-state index is 0.121. The molecule has 1 N–H and O–H groups in total. The van der Waals surface area contributed by atoms with E-state index in [4.69, 9.17) is 4.74 Å². The monoisotopic (exact) mass is 436 g/mol. The third-order valence-electron chi connectivity index (χ3n) is 5.29. The number of aryl methyl sites for hydroxylation is 3. The van der Waals surface area contributed by atoms with Gasteiger partial charge in [0.1, 0.15) is 5.75 Å². The molecule has 0 aliphatic carbocycles. The molecule has 4 rings (SSSR count). The van der Waals surface area contributed by atoms with E-state index >= 15 is 0 Å². The summed E-state index contributed by atoms with van der Waals surface area (Å²) in [6, 6.07) is 19.4. The zero-order valence-electron chi connectivity index (χ0n) is 17.6. The lowest BCUT2D eigenvalue weighted by Gasteiger charge is -2.35. The van der Waals surface area contributed by atoms with Crippen molar-refractivity contribution in [1.82, 2.24) is 0 Å². The van der Waals surface area contributed by atoms with Crippen LogP contribution in [0.4, 0.5) is 11.4 Å². The van der Waals surface area contributed by atoms with Gasteiger partial charge in [0.25, 0.3) is 15.9 Å². The fourth-order valence-corrected chi connectivity index (χ4v) is 4.96. The Hall–Kier alpha value is -3.32. The Kier molecular flexibility index (Phi) is 5.45. The van der Waals surface area contributed by atoms with E-state index in [1.165, 1.54) is 4.31 Å². The number of anilines is 2. The summed E-state index contributed by atoms with van der Waals surface area (Å²) in [5.74, 6) is -0.0397. The van der Waals surface area contributed by atoms with Crippen LogP contribution in [0.25, 0.3) is 0 Å². The molecule has 160 valence electrons. The highest BCUT2D eigenvalue weighted by Gasteiger charge is 2.37. The summed E-state index contributed by atoms with van der Waals surface area (Å²) < 4.78 is 34.2. The van der Waals surface area contributed by atoms with Crippen molar-refractivity contribution >= 4 is 27.3 Å². The molecular weight excluding hydrogens is 412 g/mol. The number of hydrogen-bond acceptors (Lipinski definition) is 4. The lowest BCUT2D eigenvalue weighted by Crippen LogP contribution is -2.48. The molecule has 1 aliphatic rings. The van der Waals surface area contributed by atoms with Gasteiger partial charge in [0, 0.05) is 5.69 Å². The zero-order valence-corrected chi connectivity index (χ0v) is 18.4. The van der Waals surface area contributed by atoms with Crippen LogP contribution in [0.15, 0.2) is 71.6 Å². The molecular formula is C24H24N2O4S. The highest BCUT2D eigenvalue weighted by molar-refractivity contribution is 7.92.